The van der Waals surface area contributed by atoms with Gasteiger partial charge < -0.3 is 19.5 Å². The number of aliphatic hydroxyl groups excluding tert-OH is 1. The van der Waals surface area contributed by atoms with Crippen molar-refractivity contribution in [2.24, 2.45) is 5.92 Å². The number of ether oxygens (including phenoxy) is 2. The minimum absolute atomic E-state index is 0.0872. The Kier molecular flexibility index (Phi) is 8.03. The summed E-state index contributed by atoms with van der Waals surface area (Å²) in [5.41, 5.74) is 1.43. The third-order valence-corrected chi connectivity index (χ3v) is 7.65. The molecule has 0 saturated carbocycles. The van der Waals surface area contributed by atoms with Crippen LogP contribution in [0, 0.1) is 17.8 Å². The van der Waals surface area contributed by atoms with Crippen molar-refractivity contribution < 1.29 is 23.0 Å². The second-order valence-electron chi connectivity index (χ2n) is 8.65. The molecule has 7 nitrogen and oxygen atoms in total. The van der Waals surface area contributed by atoms with Gasteiger partial charge >= 0.3 is 0 Å². The van der Waals surface area contributed by atoms with Crippen molar-refractivity contribution in [3.05, 3.63) is 53.6 Å². The Morgan fingerprint density at radius 3 is 2.55 bits per heavy atom. The number of nitrogens with zero attached hydrogens (tertiary/aromatic N) is 2. The molecule has 1 aliphatic rings. The SMILES string of the molecule is COc1cccc(C#Cc2ccc3c(c2)O[C@@H](CN(C)C)[C@@H](C)CN([C@H](C)CO)S3(=O)=O)c1. The second kappa shape index (κ2) is 10.6. The lowest BCUT2D eigenvalue weighted by Gasteiger charge is -2.37. The molecule has 3 atom stereocenters. The molecular weight excluding hydrogens is 440 g/mol. The highest BCUT2D eigenvalue weighted by Crippen LogP contribution is 2.34. The van der Waals surface area contributed by atoms with Gasteiger partial charge in [0.2, 0.25) is 10.0 Å². The molecule has 1 N–H and O–H groups in total. The van der Waals surface area contributed by atoms with Crippen molar-refractivity contribution in [1.82, 2.24) is 9.21 Å². The van der Waals surface area contributed by atoms with E-state index in [-0.39, 0.29) is 35.8 Å². The summed E-state index contributed by atoms with van der Waals surface area (Å²) in [5, 5.41) is 9.71. The highest BCUT2D eigenvalue weighted by molar-refractivity contribution is 7.89. The molecule has 8 heteroatoms. The summed E-state index contributed by atoms with van der Waals surface area (Å²) in [5.74, 6) is 7.09. The van der Waals surface area contributed by atoms with E-state index < -0.39 is 16.1 Å². The number of benzene rings is 2. The normalized spacial score (nSPS) is 21.1. The Morgan fingerprint density at radius 1 is 1.21 bits per heavy atom. The highest BCUT2D eigenvalue weighted by Gasteiger charge is 2.37. The molecule has 33 heavy (non-hydrogen) atoms. The quantitative estimate of drug-likeness (QED) is 0.674. The highest BCUT2D eigenvalue weighted by atomic mass is 32.2. The predicted octanol–water partition coefficient (Wildman–Crippen LogP) is 2.43. The molecule has 2 aromatic rings. The number of aliphatic hydroxyl groups is 1. The van der Waals surface area contributed by atoms with Crippen LogP contribution in [0.2, 0.25) is 0 Å². The van der Waals surface area contributed by atoms with E-state index in [1.54, 1.807) is 32.2 Å². The molecule has 1 aliphatic heterocycles. The summed E-state index contributed by atoms with van der Waals surface area (Å²) >= 11 is 0. The zero-order valence-corrected chi connectivity index (χ0v) is 20.6. The van der Waals surface area contributed by atoms with Crippen LogP contribution < -0.4 is 9.47 Å². The lowest BCUT2D eigenvalue weighted by Crippen LogP contribution is -2.49. The topological polar surface area (TPSA) is 79.3 Å². The number of sulfonamides is 1. The van der Waals surface area contributed by atoms with E-state index in [0.29, 0.717) is 17.9 Å². The summed E-state index contributed by atoms with van der Waals surface area (Å²) in [6, 6.07) is 11.8. The van der Waals surface area contributed by atoms with Gasteiger partial charge in [0.25, 0.3) is 0 Å². The van der Waals surface area contributed by atoms with Gasteiger partial charge in [-0.1, -0.05) is 24.8 Å². The van der Waals surface area contributed by atoms with Gasteiger partial charge in [0.15, 0.2) is 0 Å². The molecule has 0 spiro atoms. The van der Waals surface area contributed by atoms with E-state index in [1.807, 2.05) is 50.2 Å². The maximum absolute atomic E-state index is 13.5. The van der Waals surface area contributed by atoms with E-state index in [2.05, 4.69) is 11.8 Å². The Hall–Kier alpha value is -2.57. The standard InChI is InChI=1S/C25H32N2O5S/c1-18-15-27(19(2)17-28)33(29,30)25-12-11-21(14-23(25)32-24(18)16-26(3)4)10-9-20-7-6-8-22(13-20)31-5/h6-8,11-14,18-19,24,28H,15-17H2,1-5H3/t18-,19+,24-/m0/s1. The monoisotopic (exact) mass is 472 g/mol. The maximum atomic E-state index is 13.5. The van der Waals surface area contributed by atoms with Gasteiger partial charge in [0, 0.05) is 36.2 Å². The first-order valence-electron chi connectivity index (χ1n) is 10.9. The molecule has 3 rings (SSSR count). The van der Waals surface area contributed by atoms with Gasteiger partial charge in [-0.15, -0.1) is 0 Å². The van der Waals surface area contributed by atoms with Crippen molar-refractivity contribution in [2.75, 3.05) is 40.9 Å². The van der Waals surface area contributed by atoms with Crippen LogP contribution in [0.15, 0.2) is 47.4 Å². The Bertz CT molecular complexity index is 1140. The number of fused-ring (bicyclic) bond motifs is 1. The van der Waals surface area contributed by atoms with Crippen LogP contribution >= 0.6 is 0 Å². The number of hydrogen-bond donors (Lipinski definition) is 1. The smallest absolute Gasteiger partial charge is 0.247 e. The Labute approximate surface area is 197 Å². The minimum atomic E-state index is -3.86. The molecule has 178 valence electrons. The minimum Gasteiger partial charge on any atom is -0.497 e. The fraction of sp³-hybridized carbons (Fsp3) is 0.440. The van der Waals surface area contributed by atoms with Gasteiger partial charge in [0.1, 0.15) is 22.5 Å². The van der Waals surface area contributed by atoms with E-state index in [1.165, 1.54) is 4.31 Å². The first kappa shape index (κ1) is 25.1. The third kappa shape index (κ3) is 5.87. The van der Waals surface area contributed by atoms with E-state index in [9.17, 15) is 13.5 Å². The average Bonchev–Trinajstić information content (AvgIpc) is 2.79. The van der Waals surface area contributed by atoms with Crippen molar-refractivity contribution in [2.45, 2.75) is 30.9 Å². The Morgan fingerprint density at radius 2 is 1.91 bits per heavy atom. The number of hydrogen-bond acceptors (Lipinski definition) is 6. The largest absolute Gasteiger partial charge is 0.497 e. The molecule has 0 unspecified atom stereocenters. The molecule has 0 aromatic heterocycles. The van der Waals surface area contributed by atoms with E-state index in [4.69, 9.17) is 9.47 Å². The molecule has 0 fully saturated rings. The maximum Gasteiger partial charge on any atom is 0.247 e. The molecule has 0 bridgehead atoms. The van der Waals surface area contributed by atoms with Crippen molar-refractivity contribution in [3.63, 3.8) is 0 Å². The number of rotatable bonds is 5. The summed E-state index contributed by atoms with van der Waals surface area (Å²) < 4.78 is 39.9. The van der Waals surface area contributed by atoms with Crippen LogP contribution in [0.1, 0.15) is 25.0 Å². The van der Waals surface area contributed by atoms with Crippen LogP contribution in [-0.2, 0) is 10.0 Å². The fourth-order valence-corrected chi connectivity index (χ4v) is 5.55. The molecule has 0 aliphatic carbocycles. The zero-order valence-electron chi connectivity index (χ0n) is 19.8. The summed E-state index contributed by atoms with van der Waals surface area (Å²) in [6.45, 7) is 4.31. The van der Waals surface area contributed by atoms with Gasteiger partial charge in [-0.25, -0.2) is 8.42 Å². The summed E-state index contributed by atoms with van der Waals surface area (Å²) in [4.78, 5) is 2.11. The average molecular weight is 473 g/mol. The second-order valence-corrected chi connectivity index (χ2v) is 10.5. The van der Waals surface area contributed by atoms with Gasteiger partial charge in [0.05, 0.1) is 13.7 Å². The first-order chi connectivity index (χ1) is 15.6. The molecule has 0 radical (unpaired) electrons. The van der Waals surface area contributed by atoms with Crippen LogP contribution in [0.25, 0.3) is 0 Å². The van der Waals surface area contributed by atoms with Crippen LogP contribution in [0.3, 0.4) is 0 Å². The molecule has 0 saturated heterocycles. The molecule has 0 amide bonds. The van der Waals surface area contributed by atoms with Crippen molar-refractivity contribution in [1.29, 1.82) is 0 Å². The zero-order chi connectivity index (χ0) is 24.2. The van der Waals surface area contributed by atoms with Crippen LogP contribution in [0.5, 0.6) is 11.5 Å². The molecular formula is C25H32N2O5S. The summed E-state index contributed by atoms with van der Waals surface area (Å²) in [7, 11) is 1.65. The molecule has 2 aromatic carbocycles. The predicted molar refractivity (Wildman–Crippen MR) is 128 cm³/mol. The van der Waals surface area contributed by atoms with Gasteiger partial charge in [-0.05, 0) is 57.4 Å². The first-order valence-corrected chi connectivity index (χ1v) is 12.3. The number of methoxy groups -OCH3 is 1. The van der Waals surface area contributed by atoms with E-state index in [0.717, 1.165) is 5.56 Å². The van der Waals surface area contributed by atoms with Crippen molar-refractivity contribution in [3.8, 4) is 23.3 Å². The van der Waals surface area contributed by atoms with Gasteiger partial charge in [-0.2, -0.15) is 4.31 Å². The summed E-state index contributed by atoms with van der Waals surface area (Å²) in [6.07, 6.45) is -0.232. The van der Waals surface area contributed by atoms with Gasteiger partial charge in [-0.3, -0.25) is 0 Å². The van der Waals surface area contributed by atoms with Crippen molar-refractivity contribution >= 4 is 10.0 Å². The fourth-order valence-electron chi connectivity index (χ4n) is 3.73. The van der Waals surface area contributed by atoms with Crippen LogP contribution in [0.4, 0.5) is 0 Å². The molecule has 1 heterocycles. The number of likely N-dealkylation sites (N-methyl/N-ethyl adjacent to an activating group) is 1. The third-order valence-electron chi connectivity index (χ3n) is 5.63. The lowest BCUT2D eigenvalue weighted by atomic mass is 10.0. The Balaban J connectivity index is 2.06. The van der Waals surface area contributed by atoms with E-state index >= 15 is 0 Å². The lowest BCUT2D eigenvalue weighted by molar-refractivity contribution is 0.0812. The van der Waals surface area contributed by atoms with Crippen LogP contribution in [-0.4, -0.2) is 75.8 Å².